The highest BCUT2D eigenvalue weighted by molar-refractivity contribution is 9.10. The number of nitrogens with zero attached hydrogens (tertiary/aromatic N) is 3. The van der Waals surface area contributed by atoms with Crippen LogP contribution >= 0.6 is 27.5 Å². The van der Waals surface area contributed by atoms with Crippen LogP contribution in [0.3, 0.4) is 0 Å². The zero-order valence-electron chi connectivity index (χ0n) is 11.6. The molecule has 0 aliphatic carbocycles. The average molecular weight is 372 g/mol. The number of benzene rings is 1. The number of hydrogen-bond acceptors (Lipinski definition) is 5. The van der Waals surface area contributed by atoms with E-state index in [1.807, 2.05) is 18.2 Å². The van der Waals surface area contributed by atoms with Crippen molar-refractivity contribution < 1.29 is 4.52 Å². The molecule has 0 saturated carbocycles. The highest BCUT2D eigenvalue weighted by Crippen LogP contribution is 2.33. The van der Waals surface area contributed by atoms with Crippen molar-refractivity contribution in [2.75, 3.05) is 26.2 Å². The van der Waals surface area contributed by atoms with E-state index in [-0.39, 0.29) is 6.04 Å². The van der Waals surface area contributed by atoms with Crippen LogP contribution in [0.1, 0.15) is 18.8 Å². The molecule has 7 heteroatoms. The molecule has 0 radical (unpaired) electrons. The van der Waals surface area contributed by atoms with Crippen LogP contribution in [0.15, 0.2) is 27.2 Å². The van der Waals surface area contributed by atoms with E-state index < -0.39 is 0 Å². The van der Waals surface area contributed by atoms with Crippen molar-refractivity contribution >= 4 is 27.5 Å². The van der Waals surface area contributed by atoms with Gasteiger partial charge in [-0.15, -0.1) is 0 Å². The molecule has 112 valence electrons. The first-order chi connectivity index (χ1) is 10.2. The maximum Gasteiger partial charge on any atom is 0.259 e. The first-order valence-corrected chi connectivity index (χ1v) is 8.06. The SMILES string of the molecule is CC(c1noc(-c2cccc(Br)c2Cl)n1)N1CCNCC1. The smallest absolute Gasteiger partial charge is 0.259 e. The summed E-state index contributed by atoms with van der Waals surface area (Å²) < 4.78 is 6.21. The number of piperazine rings is 1. The molecule has 1 aliphatic rings. The molecule has 1 aliphatic heterocycles. The standard InChI is InChI=1S/C14H16BrClN4O/c1-9(20-7-5-17-6-8-20)13-18-14(21-19-13)10-3-2-4-11(15)12(10)16/h2-4,9,17H,5-8H2,1H3. The number of hydrogen-bond donors (Lipinski definition) is 1. The van der Waals surface area contributed by atoms with Crippen LogP contribution in [-0.2, 0) is 0 Å². The second kappa shape index (κ2) is 6.44. The van der Waals surface area contributed by atoms with E-state index in [0.717, 1.165) is 36.2 Å². The minimum atomic E-state index is 0.135. The summed E-state index contributed by atoms with van der Waals surface area (Å²) in [4.78, 5) is 6.85. The Morgan fingerprint density at radius 1 is 1.38 bits per heavy atom. The molecule has 2 aromatic rings. The molecule has 0 bridgehead atoms. The fourth-order valence-electron chi connectivity index (χ4n) is 2.42. The van der Waals surface area contributed by atoms with Crippen LogP contribution in [0, 0.1) is 0 Å². The topological polar surface area (TPSA) is 54.2 Å². The monoisotopic (exact) mass is 370 g/mol. The molecule has 1 fully saturated rings. The van der Waals surface area contributed by atoms with Crippen LogP contribution in [0.4, 0.5) is 0 Å². The molecule has 1 unspecified atom stereocenters. The summed E-state index contributed by atoms with van der Waals surface area (Å²) in [6.07, 6.45) is 0. The zero-order chi connectivity index (χ0) is 14.8. The van der Waals surface area contributed by atoms with E-state index in [1.54, 1.807) is 0 Å². The molecule has 1 N–H and O–H groups in total. The van der Waals surface area contributed by atoms with Crippen LogP contribution in [0.25, 0.3) is 11.5 Å². The lowest BCUT2D eigenvalue weighted by molar-refractivity contribution is 0.176. The molecule has 1 saturated heterocycles. The van der Waals surface area contributed by atoms with Gasteiger partial charge in [0, 0.05) is 30.7 Å². The second-order valence-corrected chi connectivity index (χ2v) is 6.25. The number of rotatable bonds is 3. The van der Waals surface area contributed by atoms with Gasteiger partial charge in [0.25, 0.3) is 5.89 Å². The molecule has 1 aromatic carbocycles. The van der Waals surface area contributed by atoms with Crippen LogP contribution in [0.5, 0.6) is 0 Å². The molecule has 1 atom stereocenters. The highest BCUT2D eigenvalue weighted by atomic mass is 79.9. The van der Waals surface area contributed by atoms with Gasteiger partial charge in [-0.25, -0.2) is 0 Å². The normalized spacial score (nSPS) is 17.9. The molecular weight excluding hydrogens is 356 g/mol. The Labute approximate surface area is 136 Å². The minimum Gasteiger partial charge on any atom is -0.334 e. The fourth-order valence-corrected chi connectivity index (χ4v) is 2.99. The van der Waals surface area contributed by atoms with Gasteiger partial charge in [0.05, 0.1) is 16.6 Å². The first-order valence-electron chi connectivity index (χ1n) is 6.89. The highest BCUT2D eigenvalue weighted by Gasteiger charge is 2.23. The van der Waals surface area contributed by atoms with E-state index >= 15 is 0 Å². The Morgan fingerprint density at radius 3 is 2.90 bits per heavy atom. The van der Waals surface area contributed by atoms with Crippen molar-refractivity contribution in [3.63, 3.8) is 0 Å². The predicted molar refractivity (Wildman–Crippen MR) is 85.3 cm³/mol. The van der Waals surface area contributed by atoms with Gasteiger partial charge in [-0.1, -0.05) is 22.8 Å². The lowest BCUT2D eigenvalue weighted by atomic mass is 10.2. The molecule has 21 heavy (non-hydrogen) atoms. The zero-order valence-corrected chi connectivity index (χ0v) is 14.0. The van der Waals surface area contributed by atoms with Crippen LogP contribution in [-0.4, -0.2) is 41.2 Å². The third-order valence-corrected chi connectivity index (χ3v) is 4.99. The van der Waals surface area contributed by atoms with Gasteiger partial charge in [0.15, 0.2) is 5.82 Å². The van der Waals surface area contributed by atoms with Gasteiger partial charge in [-0.3, -0.25) is 4.90 Å². The largest absolute Gasteiger partial charge is 0.334 e. The summed E-state index contributed by atoms with van der Waals surface area (Å²) in [7, 11) is 0. The first kappa shape index (κ1) is 15.0. The maximum atomic E-state index is 6.27. The lowest BCUT2D eigenvalue weighted by Crippen LogP contribution is -2.44. The van der Waals surface area contributed by atoms with Crippen molar-refractivity contribution in [1.29, 1.82) is 0 Å². The van der Waals surface area contributed by atoms with Gasteiger partial charge in [0.1, 0.15) is 0 Å². The molecular formula is C14H16BrClN4O. The Balaban J connectivity index is 1.84. The Hall–Kier alpha value is -0.950. The van der Waals surface area contributed by atoms with Crippen molar-refractivity contribution in [1.82, 2.24) is 20.4 Å². The number of nitrogens with one attached hydrogen (secondary N) is 1. The van der Waals surface area contributed by atoms with E-state index in [2.05, 4.69) is 43.2 Å². The van der Waals surface area contributed by atoms with E-state index in [1.165, 1.54) is 0 Å². The van der Waals surface area contributed by atoms with Crippen molar-refractivity contribution in [3.05, 3.63) is 33.5 Å². The van der Waals surface area contributed by atoms with Gasteiger partial charge in [0.2, 0.25) is 0 Å². The molecule has 5 nitrogen and oxygen atoms in total. The molecule has 3 rings (SSSR count). The van der Waals surface area contributed by atoms with Crippen molar-refractivity contribution in [3.8, 4) is 11.5 Å². The molecule has 1 aromatic heterocycles. The summed E-state index contributed by atoms with van der Waals surface area (Å²) in [5.41, 5.74) is 0.748. The summed E-state index contributed by atoms with van der Waals surface area (Å²) in [6.45, 7) is 6.06. The lowest BCUT2D eigenvalue weighted by Gasteiger charge is -2.30. The average Bonchev–Trinajstić information content (AvgIpc) is 3.00. The number of aromatic nitrogens is 2. The molecule has 2 heterocycles. The summed E-state index contributed by atoms with van der Waals surface area (Å²) in [5, 5.41) is 8.04. The van der Waals surface area contributed by atoms with Gasteiger partial charge < -0.3 is 9.84 Å². The van der Waals surface area contributed by atoms with Crippen LogP contribution < -0.4 is 5.32 Å². The van der Waals surface area contributed by atoms with E-state index in [4.69, 9.17) is 16.1 Å². The minimum absolute atomic E-state index is 0.135. The number of halogens is 2. The van der Waals surface area contributed by atoms with Gasteiger partial charge >= 0.3 is 0 Å². The summed E-state index contributed by atoms with van der Waals surface area (Å²) in [6, 6.07) is 5.79. The van der Waals surface area contributed by atoms with Gasteiger partial charge in [-0.2, -0.15) is 4.98 Å². The quantitative estimate of drug-likeness (QED) is 0.898. The molecule has 0 amide bonds. The summed E-state index contributed by atoms with van der Waals surface area (Å²) >= 11 is 9.68. The van der Waals surface area contributed by atoms with Gasteiger partial charge in [-0.05, 0) is 35.0 Å². The van der Waals surface area contributed by atoms with Crippen molar-refractivity contribution in [2.45, 2.75) is 13.0 Å². The third-order valence-electron chi connectivity index (χ3n) is 3.70. The Kier molecular flexibility index (Phi) is 4.59. The Bertz CT molecular complexity index is 627. The second-order valence-electron chi connectivity index (χ2n) is 5.02. The van der Waals surface area contributed by atoms with Crippen LogP contribution in [0.2, 0.25) is 5.02 Å². The molecule has 0 spiro atoms. The third kappa shape index (κ3) is 3.13. The van der Waals surface area contributed by atoms with Crippen molar-refractivity contribution in [2.24, 2.45) is 0 Å². The summed E-state index contributed by atoms with van der Waals surface area (Å²) in [5.74, 6) is 1.15. The maximum absolute atomic E-state index is 6.27. The fraction of sp³-hybridized carbons (Fsp3) is 0.429. The predicted octanol–water partition coefficient (Wildman–Crippen LogP) is 3.12. The van der Waals surface area contributed by atoms with E-state index in [9.17, 15) is 0 Å². The Morgan fingerprint density at radius 2 is 2.14 bits per heavy atom. The van der Waals surface area contributed by atoms with E-state index in [0.29, 0.717) is 16.7 Å².